The van der Waals surface area contributed by atoms with E-state index in [4.69, 9.17) is 4.74 Å². The summed E-state index contributed by atoms with van der Waals surface area (Å²) in [5.41, 5.74) is 0. The second-order valence-electron chi connectivity index (χ2n) is 2.89. The van der Waals surface area contributed by atoms with Crippen molar-refractivity contribution >= 4 is 5.97 Å². The van der Waals surface area contributed by atoms with Crippen molar-refractivity contribution < 1.29 is 9.53 Å². The zero-order valence-electron chi connectivity index (χ0n) is 7.16. The van der Waals surface area contributed by atoms with Gasteiger partial charge in [-0.1, -0.05) is 12.7 Å². The number of rotatable bonds is 2. The number of hydrogen-bond donors (Lipinski definition) is 0. The number of esters is 1. The summed E-state index contributed by atoms with van der Waals surface area (Å²) >= 11 is 0. The van der Waals surface area contributed by atoms with Crippen LogP contribution >= 0.6 is 0 Å². The largest absolute Gasteiger partial charge is 0.455 e. The van der Waals surface area contributed by atoms with Crippen molar-refractivity contribution in [1.29, 1.82) is 0 Å². The van der Waals surface area contributed by atoms with Gasteiger partial charge in [0, 0.05) is 6.08 Å². The van der Waals surface area contributed by atoms with Crippen molar-refractivity contribution in [2.24, 2.45) is 0 Å². The number of allylic oxidation sites excluding steroid dienone is 1. The minimum atomic E-state index is -0.327. The van der Waals surface area contributed by atoms with E-state index in [1.807, 2.05) is 6.08 Å². The van der Waals surface area contributed by atoms with E-state index in [9.17, 15) is 4.79 Å². The summed E-state index contributed by atoms with van der Waals surface area (Å²) in [7, 11) is 0. The lowest BCUT2D eigenvalue weighted by atomic mass is 10.2. The second-order valence-corrected chi connectivity index (χ2v) is 2.89. The molecule has 2 nitrogen and oxygen atoms in total. The summed E-state index contributed by atoms with van der Waals surface area (Å²) in [6.45, 7) is 3.35. The molecule has 1 aliphatic carbocycles. The molecule has 0 heterocycles. The van der Waals surface area contributed by atoms with Crippen molar-refractivity contribution in [3.8, 4) is 0 Å². The third-order valence-electron chi connectivity index (χ3n) is 1.89. The van der Waals surface area contributed by atoms with Gasteiger partial charge in [0.05, 0.1) is 0 Å². The molecule has 1 atom stereocenters. The summed E-state index contributed by atoms with van der Waals surface area (Å²) in [4.78, 5) is 10.8. The Hall–Kier alpha value is -1.05. The van der Waals surface area contributed by atoms with E-state index in [1.165, 1.54) is 12.5 Å². The Labute approximate surface area is 72.9 Å². The van der Waals surface area contributed by atoms with E-state index < -0.39 is 0 Å². The van der Waals surface area contributed by atoms with Crippen LogP contribution < -0.4 is 0 Å². The highest BCUT2D eigenvalue weighted by molar-refractivity contribution is 5.81. The Morgan fingerprint density at radius 1 is 1.58 bits per heavy atom. The Morgan fingerprint density at radius 2 is 2.42 bits per heavy atom. The van der Waals surface area contributed by atoms with E-state index in [2.05, 4.69) is 12.7 Å². The lowest BCUT2D eigenvalue weighted by Crippen LogP contribution is -2.13. The van der Waals surface area contributed by atoms with Crippen LogP contribution in [0.1, 0.15) is 25.7 Å². The predicted octanol–water partition coefficient (Wildman–Crippen LogP) is 2.21. The first kappa shape index (κ1) is 9.04. The van der Waals surface area contributed by atoms with Gasteiger partial charge in [-0.25, -0.2) is 4.79 Å². The highest BCUT2D eigenvalue weighted by Gasteiger charge is 2.10. The Morgan fingerprint density at radius 3 is 3.17 bits per heavy atom. The molecule has 0 N–H and O–H groups in total. The number of ether oxygens (including phenoxy) is 1. The molecule has 0 aromatic carbocycles. The van der Waals surface area contributed by atoms with Gasteiger partial charge in [-0.15, -0.1) is 0 Å². The van der Waals surface area contributed by atoms with Crippen molar-refractivity contribution in [2.75, 3.05) is 0 Å². The topological polar surface area (TPSA) is 26.3 Å². The first-order valence-corrected chi connectivity index (χ1v) is 4.32. The Kier molecular flexibility index (Phi) is 3.58. The molecule has 2 heteroatoms. The van der Waals surface area contributed by atoms with Crippen LogP contribution in [0.15, 0.2) is 24.8 Å². The average Bonchev–Trinajstić information content (AvgIpc) is 2.33. The van der Waals surface area contributed by atoms with E-state index in [1.54, 1.807) is 0 Å². The van der Waals surface area contributed by atoms with Crippen LogP contribution in [-0.4, -0.2) is 12.1 Å². The molecule has 0 amide bonds. The molecule has 0 bridgehead atoms. The molecule has 66 valence electrons. The van der Waals surface area contributed by atoms with Gasteiger partial charge in [-0.3, -0.25) is 0 Å². The zero-order valence-corrected chi connectivity index (χ0v) is 7.16. The van der Waals surface area contributed by atoms with E-state index in [0.29, 0.717) is 0 Å². The standard InChI is InChI=1S/C10H14O2/c1-2-10(11)12-9-7-5-3-4-6-8-9/h2,5,7,9H,1,3-4,6,8H2. The molecule has 0 fully saturated rings. The molecule has 1 aliphatic rings. The van der Waals surface area contributed by atoms with Crippen LogP contribution in [0.5, 0.6) is 0 Å². The van der Waals surface area contributed by atoms with Gasteiger partial charge in [-0.2, -0.15) is 0 Å². The quantitative estimate of drug-likeness (QED) is 0.357. The van der Waals surface area contributed by atoms with E-state index >= 15 is 0 Å². The normalized spacial score (nSPS) is 22.8. The molecule has 1 rings (SSSR count). The summed E-state index contributed by atoms with van der Waals surface area (Å²) in [5.74, 6) is -0.327. The molecule has 0 radical (unpaired) electrons. The predicted molar refractivity (Wildman–Crippen MR) is 47.7 cm³/mol. The molecule has 12 heavy (non-hydrogen) atoms. The maximum absolute atomic E-state index is 10.8. The van der Waals surface area contributed by atoms with Gasteiger partial charge in [0.1, 0.15) is 6.10 Å². The SMILES string of the molecule is C=CC(=O)OC1C=CCCCC1. The molecular weight excluding hydrogens is 152 g/mol. The van der Waals surface area contributed by atoms with Gasteiger partial charge in [-0.05, 0) is 31.8 Å². The summed E-state index contributed by atoms with van der Waals surface area (Å²) < 4.78 is 5.08. The lowest BCUT2D eigenvalue weighted by Gasteiger charge is -2.10. The first-order valence-electron chi connectivity index (χ1n) is 4.32. The average molecular weight is 166 g/mol. The second kappa shape index (κ2) is 4.75. The first-order chi connectivity index (χ1) is 5.83. The molecule has 0 saturated heterocycles. The molecule has 1 unspecified atom stereocenters. The molecule has 0 spiro atoms. The van der Waals surface area contributed by atoms with Gasteiger partial charge in [0.15, 0.2) is 0 Å². The number of carbonyl (C=O) groups excluding carboxylic acids is 1. The van der Waals surface area contributed by atoms with Crippen LogP contribution in [0.25, 0.3) is 0 Å². The third kappa shape index (κ3) is 2.91. The zero-order chi connectivity index (χ0) is 8.81. The molecule has 0 aromatic heterocycles. The summed E-state index contributed by atoms with van der Waals surface area (Å²) in [6, 6.07) is 0. The van der Waals surface area contributed by atoms with Crippen LogP contribution in [0, 0.1) is 0 Å². The minimum Gasteiger partial charge on any atom is -0.455 e. The van der Waals surface area contributed by atoms with Gasteiger partial charge >= 0.3 is 5.97 Å². The number of carbonyl (C=O) groups is 1. The van der Waals surface area contributed by atoms with Gasteiger partial charge in [0.2, 0.25) is 0 Å². The Balaban J connectivity index is 2.39. The molecule has 0 saturated carbocycles. The van der Waals surface area contributed by atoms with E-state index in [-0.39, 0.29) is 12.1 Å². The van der Waals surface area contributed by atoms with Crippen LogP contribution in [-0.2, 0) is 9.53 Å². The van der Waals surface area contributed by atoms with Crippen molar-refractivity contribution in [3.63, 3.8) is 0 Å². The maximum Gasteiger partial charge on any atom is 0.330 e. The fourth-order valence-corrected chi connectivity index (χ4v) is 1.25. The lowest BCUT2D eigenvalue weighted by molar-refractivity contribution is -0.141. The van der Waals surface area contributed by atoms with Crippen LogP contribution in [0.4, 0.5) is 0 Å². The van der Waals surface area contributed by atoms with Crippen LogP contribution in [0.3, 0.4) is 0 Å². The Bertz CT molecular complexity index is 194. The third-order valence-corrected chi connectivity index (χ3v) is 1.89. The van der Waals surface area contributed by atoms with Crippen molar-refractivity contribution in [3.05, 3.63) is 24.8 Å². The summed E-state index contributed by atoms with van der Waals surface area (Å²) in [6.07, 6.45) is 9.58. The van der Waals surface area contributed by atoms with Gasteiger partial charge < -0.3 is 4.74 Å². The number of hydrogen-bond acceptors (Lipinski definition) is 2. The maximum atomic E-state index is 10.8. The summed E-state index contributed by atoms with van der Waals surface area (Å²) in [5, 5.41) is 0. The highest BCUT2D eigenvalue weighted by atomic mass is 16.5. The van der Waals surface area contributed by atoms with Gasteiger partial charge in [0.25, 0.3) is 0 Å². The minimum absolute atomic E-state index is 0.0296. The molecular formula is C10H14O2. The van der Waals surface area contributed by atoms with Crippen LogP contribution in [0.2, 0.25) is 0 Å². The van der Waals surface area contributed by atoms with Crippen molar-refractivity contribution in [1.82, 2.24) is 0 Å². The fraction of sp³-hybridized carbons (Fsp3) is 0.500. The molecule has 0 aliphatic heterocycles. The molecule has 0 aromatic rings. The monoisotopic (exact) mass is 166 g/mol. The van der Waals surface area contributed by atoms with E-state index in [0.717, 1.165) is 19.3 Å². The van der Waals surface area contributed by atoms with Crippen molar-refractivity contribution in [2.45, 2.75) is 31.8 Å². The fourth-order valence-electron chi connectivity index (χ4n) is 1.25. The highest BCUT2D eigenvalue weighted by Crippen LogP contribution is 2.13. The smallest absolute Gasteiger partial charge is 0.330 e.